The predicted octanol–water partition coefficient (Wildman–Crippen LogP) is 4.75. The van der Waals surface area contributed by atoms with E-state index in [1.807, 2.05) is 0 Å². The van der Waals surface area contributed by atoms with Crippen molar-refractivity contribution < 1.29 is 4.74 Å². The van der Waals surface area contributed by atoms with Crippen LogP contribution in [0.25, 0.3) is 0 Å². The van der Waals surface area contributed by atoms with Crippen LogP contribution in [0.15, 0.2) is 12.1 Å². The Morgan fingerprint density at radius 2 is 1.50 bits per heavy atom. The summed E-state index contributed by atoms with van der Waals surface area (Å²) in [6, 6.07) is 4.51. The van der Waals surface area contributed by atoms with Gasteiger partial charge in [0.15, 0.2) is 0 Å². The van der Waals surface area contributed by atoms with Crippen molar-refractivity contribution in [1.29, 1.82) is 0 Å². The molecule has 0 fully saturated rings. The van der Waals surface area contributed by atoms with Gasteiger partial charge in [0.1, 0.15) is 5.75 Å². The molecule has 2 nitrogen and oxygen atoms in total. The number of rotatable bonds is 4. The second kappa shape index (κ2) is 6.57. The minimum absolute atomic E-state index is 0.0216. The van der Waals surface area contributed by atoms with Crippen molar-refractivity contribution >= 4 is 17.2 Å². The van der Waals surface area contributed by atoms with Crippen molar-refractivity contribution in [2.75, 3.05) is 7.11 Å². The predicted molar refractivity (Wildman–Crippen MR) is 100 cm³/mol. The molecule has 0 aliphatic rings. The lowest BCUT2D eigenvalue weighted by molar-refractivity contribution is 0.381. The van der Waals surface area contributed by atoms with E-state index in [9.17, 15) is 0 Å². The van der Waals surface area contributed by atoms with Crippen LogP contribution in [0.2, 0.25) is 0 Å². The lowest BCUT2D eigenvalue weighted by Crippen LogP contribution is -2.22. The second-order valence-electron chi connectivity index (χ2n) is 8.23. The van der Waals surface area contributed by atoms with E-state index in [1.54, 1.807) is 7.11 Å². The van der Waals surface area contributed by atoms with Gasteiger partial charge in [-0.05, 0) is 22.8 Å². The number of hydrogen-bond donors (Lipinski definition) is 1. The van der Waals surface area contributed by atoms with E-state index in [0.29, 0.717) is 4.99 Å². The zero-order valence-electron chi connectivity index (χ0n) is 15.3. The SMILES string of the molecule is COc1c(C(C)(C)C)cc(CC(C)C(N)=S)cc1C(C)(C)C. The molecule has 0 aromatic heterocycles. The van der Waals surface area contributed by atoms with Crippen LogP contribution in [-0.4, -0.2) is 12.1 Å². The van der Waals surface area contributed by atoms with Crippen LogP contribution in [0.1, 0.15) is 65.2 Å². The molecule has 22 heavy (non-hydrogen) atoms. The van der Waals surface area contributed by atoms with Crippen molar-refractivity contribution in [3.8, 4) is 5.75 Å². The Balaban J connectivity index is 3.53. The fourth-order valence-electron chi connectivity index (χ4n) is 2.59. The molecule has 0 saturated heterocycles. The van der Waals surface area contributed by atoms with Crippen LogP contribution in [0.3, 0.4) is 0 Å². The minimum atomic E-state index is 0.0216. The first-order valence-corrected chi connectivity index (χ1v) is 8.30. The number of thiocarbonyl (C=S) groups is 1. The summed E-state index contributed by atoms with van der Waals surface area (Å²) in [6.07, 6.45) is 0.867. The molecule has 0 amide bonds. The molecule has 1 rings (SSSR count). The van der Waals surface area contributed by atoms with E-state index in [2.05, 4.69) is 60.6 Å². The average molecular weight is 322 g/mol. The van der Waals surface area contributed by atoms with Gasteiger partial charge in [-0.1, -0.05) is 72.8 Å². The summed E-state index contributed by atoms with van der Waals surface area (Å²) < 4.78 is 5.79. The monoisotopic (exact) mass is 321 g/mol. The topological polar surface area (TPSA) is 35.2 Å². The highest BCUT2D eigenvalue weighted by atomic mass is 32.1. The van der Waals surface area contributed by atoms with Gasteiger partial charge in [-0.15, -0.1) is 0 Å². The van der Waals surface area contributed by atoms with E-state index in [4.69, 9.17) is 22.7 Å². The number of benzene rings is 1. The van der Waals surface area contributed by atoms with E-state index in [-0.39, 0.29) is 16.7 Å². The summed E-state index contributed by atoms with van der Waals surface area (Å²) in [5.41, 5.74) is 9.60. The molecule has 1 aromatic rings. The van der Waals surface area contributed by atoms with Crippen molar-refractivity contribution in [3.63, 3.8) is 0 Å². The fourth-order valence-corrected chi connectivity index (χ4v) is 2.68. The van der Waals surface area contributed by atoms with Gasteiger partial charge >= 0.3 is 0 Å². The summed E-state index contributed by atoms with van der Waals surface area (Å²) in [6.45, 7) is 15.4. The normalized spacial score (nSPS) is 13.8. The van der Waals surface area contributed by atoms with Gasteiger partial charge in [0, 0.05) is 17.0 Å². The summed E-state index contributed by atoms with van der Waals surface area (Å²) in [5, 5.41) is 0. The second-order valence-corrected chi connectivity index (χ2v) is 8.70. The molecule has 124 valence electrons. The third kappa shape index (κ3) is 4.45. The molecule has 3 heteroatoms. The Bertz CT molecular complexity index is 515. The molecule has 0 aliphatic heterocycles. The zero-order valence-corrected chi connectivity index (χ0v) is 16.1. The largest absolute Gasteiger partial charge is 0.496 e. The highest BCUT2D eigenvalue weighted by Crippen LogP contribution is 2.40. The van der Waals surface area contributed by atoms with E-state index >= 15 is 0 Å². The molecule has 0 aliphatic carbocycles. The maximum Gasteiger partial charge on any atom is 0.126 e. The van der Waals surface area contributed by atoms with Crippen LogP contribution in [0, 0.1) is 5.92 Å². The number of nitrogens with two attached hydrogens (primary N) is 1. The van der Waals surface area contributed by atoms with Gasteiger partial charge in [0.05, 0.1) is 12.1 Å². The maximum absolute atomic E-state index is 5.79. The Morgan fingerprint density at radius 1 is 1.09 bits per heavy atom. The van der Waals surface area contributed by atoms with Crippen LogP contribution in [-0.2, 0) is 17.3 Å². The molecule has 1 atom stereocenters. The first-order valence-electron chi connectivity index (χ1n) is 7.89. The standard InChI is InChI=1S/C19H31NOS/c1-12(17(20)22)9-13-10-14(18(2,3)4)16(21-8)15(11-13)19(5,6)7/h10-12H,9H2,1-8H3,(H2,20,22). The molecule has 0 radical (unpaired) electrons. The van der Waals surface area contributed by atoms with Crippen molar-refractivity contribution in [2.24, 2.45) is 11.7 Å². The average Bonchev–Trinajstić information content (AvgIpc) is 2.35. The molecule has 0 heterocycles. The van der Waals surface area contributed by atoms with Crippen LogP contribution < -0.4 is 10.5 Å². The minimum Gasteiger partial charge on any atom is -0.496 e. The quantitative estimate of drug-likeness (QED) is 0.812. The lowest BCUT2D eigenvalue weighted by Gasteiger charge is -2.30. The van der Waals surface area contributed by atoms with E-state index in [0.717, 1.165) is 12.2 Å². The van der Waals surface area contributed by atoms with Gasteiger partial charge in [0.25, 0.3) is 0 Å². The Kier molecular flexibility index (Phi) is 5.66. The van der Waals surface area contributed by atoms with Crippen LogP contribution in [0.4, 0.5) is 0 Å². The molecule has 1 unspecified atom stereocenters. The number of methoxy groups -OCH3 is 1. The maximum atomic E-state index is 5.79. The summed E-state index contributed by atoms with van der Waals surface area (Å²) in [4.78, 5) is 0.574. The zero-order chi connectivity index (χ0) is 17.3. The lowest BCUT2D eigenvalue weighted by atomic mass is 9.77. The summed E-state index contributed by atoms with van der Waals surface area (Å²) >= 11 is 5.13. The summed E-state index contributed by atoms with van der Waals surface area (Å²) in [5.74, 6) is 1.20. The van der Waals surface area contributed by atoms with Crippen molar-refractivity contribution in [3.05, 3.63) is 28.8 Å². The highest BCUT2D eigenvalue weighted by molar-refractivity contribution is 7.80. The number of hydrogen-bond acceptors (Lipinski definition) is 2. The van der Waals surface area contributed by atoms with Gasteiger partial charge < -0.3 is 10.5 Å². The van der Waals surface area contributed by atoms with Crippen LogP contribution in [0.5, 0.6) is 5.75 Å². The smallest absolute Gasteiger partial charge is 0.126 e. The van der Waals surface area contributed by atoms with E-state index in [1.165, 1.54) is 16.7 Å². The molecular weight excluding hydrogens is 290 g/mol. The van der Waals surface area contributed by atoms with Crippen molar-refractivity contribution in [2.45, 2.75) is 65.7 Å². The van der Waals surface area contributed by atoms with E-state index < -0.39 is 0 Å². The van der Waals surface area contributed by atoms with Gasteiger partial charge in [0.2, 0.25) is 0 Å². The van der Waals surface area contributed by atoms with Gasteiger partial charge in [-0.25, -0.2) is 0 Å². The molecule has 1 aromatic carbocycles. The van der Waals surface area contributed by atoms with Gasteiger partial charge in [-0.2, -0.15) is 0 Å². The molecule has 0 saturated carbocycles. The first-order chi connectivity index (χ1) is 9.87. The van der Waals surface area contributed by atoms with Gasteiger partial charge in [-0.3, -0.25) is 0 Å². The molecule has 2 N–H and O–H groups in total. The fraction of sp³-hybridized carbons (Fsp3) is 0.632. The Hall–Kier alpha value is -1.09. The first kappa shape index (κ1) is 19.0. The molecule has 0 bridgehead atoms. The third-order valence-corrected chi connectivity index (χ3v) is 4.40. The Morgan fingerprint density at radius 3 is 1.77 bits per heavy atom. The molecular formula is C19H31NOS. The third-order valence-electron chi connectivity index (χ3n) is 4.00. The summed E-state index contributed by atoms with van der Waals surface area (Å²) in [7, 11) is 1.76. The number of ether oxygens (including phenoxy) is 1. The molecule has 0 spiro atoms. The van der Waals surface area contributed by atoms with Crippen molar-refractivity contribution in [1.82, 2.24) is 0 Å². The van der Waals surface area contributed by atoms with Crippen LogP contribution >= 0.6 is 12.2 Å². The Labute approximate surface area is 141 Å². The highest BCUT2D eigenvalue weighted by Gasteiger charge is 2.27.